The Morgan fingerprint density at radius 3 is 2.95 bits per heavy atom. The topological polar surface area (TPSA) is 52.0 Å². The van der Waals surface area contributed by atoms with Crippen molar-refractivity contribution in [3.05, 3.63) is 40.9 Å². The Morgan fingerprint density at radius 2 is 2.24 bits per heavy atom. The lowest BCUT2D eigenvalue weighted by molar-refractivity contribution is 0.289. The SMILES string of the molecule is CC(C)NCc1cn(CCOc2ccc(F)c(Cl)c2)nn1. The molecule has 0 aliphatic carbocycles. The monoisotopic (exact) mass is 312 g/mol. The van der Waals surface area contributed by atoms with Crippen LogP contribution in [0, 0.1) is 5.82 Å². The van der Waals surface area contributed by atoms with E-state index in [0.29, 0.717) is 31.5 Å². The molecule has 2 aromatic rings. The zero-order valence-corrected chi connectivity index (χ0v) is 12.8. The third kappa shape index (κ3) is 4.99. The van der Waals surface area contributed by atoms with Crippen molar-refractivity contribution in [2.75, 3.05) is 6.61 Å². The second-order valence-electron chi connectivity index (χ2n) is 4.93. The largest absolute Gasteiger partial charge is 0.492 e. The third-order valence-electron chi connectivity index (χ3n) is 2.76. The number of halogens is 2. The first-order valence-electron chi connectivity index (χ1n) is 6.75. The molecule has 2 rings (SSSR count). The molecule has 0 unspecified atom stereocenters. The molecule has 1 aromatic carbocycles. The molecule has 0 amide bonds. The highest BCUT2D eigenvalue weighted by atomic mass is 35.5. The van der Waals surface area contributed by atoms with Gasteiger partial charge in [-0.15, -0.1) is 5.10 Å². The van der Waals surface area contributed by atoms with Gasteiger partial charge in [-0.05, 0) is 12.1 Å². The quantitative estimate of drug-likeness (QED) is 0.854. The summed E-state index contributed by atoms with van der Waals surface area (Å²) in [6, 6.07) is 4.68. The lowest BCUT2D eigenvalue weighted by atomic mass is 10.3. The molecular weight excluding hydrogens is 295 g/mol. The lowest BCUT2D eigenvalue weighted by Gasteiger charge is -2.06. The smallest absolute Gasteiger partial charge is 0.142 e. The predicted molar refractivity (Wildman–Crippen MR) is 78.9 cm³/mol. The fourth-order valence-electron chi connectivity index (χ4n) is 1.66. The van der Waals surface area contributed by atoms with Crippen LogP contribution < -0.4 is 10.1 Å². The average molecular weight is 313 g/mol. The Labute approximate surface area is 128 Å². The zero-order chi connectivity index (χ0) is 15.2. The Bertz CT molecular complexity index is 588. The van der Waals surface area contributed by atoms with E-state index in [-0.39, 0.29) is 5.02 Å². The molecule has 21 heavy (non-hydrogen) atoms. The van der Waals surface area contributed by atoms with Gasteiger partial charge in [0.25, 0.3) is 0 Å². The highest BCUT2D eigenvalue weighted by Crippen LogP contribution is 2.20. The normalized spacial score (nSPS) is 11.1. The Kier molecular flexibility index (Phi) is 5.52. The minimum Gasteiger partial charge on any atom is -0.492 e. The first kappa shape index (κ1) is 15.7. The molecule has 1 heterocycles. The van der Waals surface area contributed by atoms with Crippen molar-refractivity contribution in [3.63, 3.8) is 0 Å². The summed E-state index contributed by atoms with van der Waals surface area (Å²) in [5.74, 6) is 0.0748. The van der Waals surface area contributed by atoms with Gasteiger partial charge in [-0.2, -0.15) is 0 Å². The Morgan fingerprint density at radius 1 is 1.43 bits per heavy atom. The van der Waals surface area contributed by atoms with Gasteiger partial charge in [0, 0.05) is 24.8 Å². The van der Waals surface area contributed by atoms with Gasteiger partial charge in [0.15, 0.2) is 0 Å². The van der Waals surface area contributed by atoms with Crippen molar-refractivity contribution in [1.82, 2.24) is 20.3 Å². The number of aromatic nitrogens is 3. The first-order chi connectivity index (χ1) is 10.0. The molecule has 0 saturated carbocycles. The van der Waals surface area contributed by atoms with E-state index in [2.05, 4.69) is 29.5 Å². The summed E-state index contributed by atoms with van der Waals surface area (Å²) in [5, 5.41) is 11.4. The van der Waals surface area contributed by atoms with Crippen molar-refractivity contribution in [2.24, 2.45) is 0 Å². The molecule has 114 valence electrons. The molecule has 0 radical (unpaired) electrons. The number of hydrogen-bond acceptors (Lipinski definition) is 4. The molecule has 5 nitrogen and oxygen atoms in total. The van der Waals surface area contributed by atoms with Gasteiger partial charge in [0.1, 0.15) is 18.2 Å². The summed E-state index contributed by atoms with van der Waals surface area (Å²) >= 11 is 5.68. The second-order valence-corrected chi connectivity index (χ2v) is 5.34. The van der Waals surface area contributed by atoms with Crippen LogP contribution in [0.25, 0.3) is 0 Å². The van der Waals surface area contributed by atoms with E-state index in [9.17, 15) is 4.39 Å². The maximum absolute atomic E-state index is 13.0. The van der Waals surface area contributed by atoms with Gasteiger partial charge in [0.05, 0.1) is 17.3 Å². The van der Waals surface area contributed by atoms with E-state index < -0.39 is 5.82 Å². The summed E-state index contributed by atoms with van der Waals surface area (Å²) < 4.78 is 20.2. The third-order valence-corrected chi connectivity index (χ3v) is 3.05. The van der Waals surface area contributed by atoms with E-state index >= 15 is 0 Å². The van der Waals surface area contributed by atoms with Crippen LogP contribution >= 0.6 is 11.6 Å². The van der Waals surface area contributed by atoms with Crippen LogP contribution in [-0.2, 0) is 13.1 Å². The van der Waals surface area contributed by atoms with Crippen LogP contribution in [0.1, 0.15) is 19.5 Å². The van der Waals surface area contributed by atoms with E-state index in [4.69, 9.17) is 16.3 Å². The first-order valence-corrected chi connectivity index (χ1v) is 7.12. The van der Waals surface area contributed by atoms with Gasteiger partial charge in [-0.3, -0.25) is 0 Å². The highest BCUT2D eigenvalue weighted by Gasteiger charge is 2.04. The van der Waals surface area contributed by atoms with Crippen LogP contribution in [0.5, 0.6) is 5.75 Å². The summed E-state index contributed by atoms with van der Waals surface area (Å²) in [6.45, 7) is 5.80. The lowest BCUT2D eigenvalue weighted by Crippen LogP contribution is -2.21. The molecule has 1 N–H and O–H groups in total. The van der Waals surface area contributed by atoms with Crippen LogP contribution in [0.15, 0.2) is 24.4 Å². The van der Waals surface area contributed by atoms with Gasteiger partial charge in [0.2, 0.25) is 0 Å². The standard InChI is InChI=1S/C14H18ClFN4O/c1-10(2)17-8-11-9-20(19-18-11)5-6-21-12-3-4-14(16)13(15)7-12/h3-4,7,9-10,17H,5-6,8H2,1-2H3. The zero-order valence-electron chi connectivity index (χ0n) is 12.0. The summed E-state index contributed by atoms with van der Waals surface area (Å²) in [4.78, 5) is 0. The fourth-order valence-corrected chi connectivity index (χ4v) is 1.83. The molecular formula is C14H18ClFN4O. The van der Waals surface area contributed by atoms with Crippen molar-refractivity contribution >= 4 is 11.6 Å². The molecule has 0 saturated heterocycles. The maximum atomic E-state index is 13.0. The number of hydrogen-bond donors (Lipinski definition) is 1. The summed E-state index contributed by atoms with van der Waals surface area (Å²) in [6.07, 6.45) is 1.87. The van der Waals surface area contributed by atoms with Crippen LogP contribution in [0.2, 0.25) is 5.02 Å². The van der Waals surface area contributed by atoms with Crippen molar-refractivity contribution in [1.29, 1.82) is 0 Å². The number of rotatable bonds is 7. The Balaban J connectivity index is 1.79. The highest BCUT2D eigenvalue weighted by molar-refractivity contribution is 6.30. The minimum absolute atomic E-state index is 0.0512. The predicted octanol–water partition coefficient (Wildman–Crippen LogP) is 2.65. The van der Waals surface area contributed by atoms with Crippen molar-refractivity contribution < 1.29 is 9.13 Å². The second kappa shape index (κ2) is 7.38. The maximum Gasteiger partial charge on any atom is 0.142 e. The fraction of sp³-hybridized carbons (Fsp3) is 0.429. The summed E-state index contributed by atoms with van der Waals surface area (Å²) in [7, 11) is 0. The van der Waals surface area contributed by atoms with Crippen LogP contribution in [0.3, 0.4) is 0 Å². The van der Waals surface area contributed by atoms with E-state index in [1.54, 1.807) is 10.7 Å². The molecule has 0 atom stereocenters. The van der Waals surface area contributed by atoms with Gasteiger partial charge in [-0.1, -0.05) is 30.7 Å². The molecule has 0 aliphatic rings. The molecule has 0 fully saturated rings. The van der Waals surface area contributed by atoms with E-state index in [1.165, 1.54) is 12.1 Å². The number of nitrogens with zero attached hydrogens (tertiary/aromatic N) is 3. The van der Waals surface area contributed by atoms with Gasteiger partial charge >= 0.3 is 0 Å². The number of ether oxygens (including phenoxy) is 1. The molecule has 1 aromatic heterocycles. The van der Waals surface area contributed by atoms with E-state index in [1.807, 2.05) is 6.20 Å². The molecule has 0 bridgehead atoms. The number of nitrogens with one attached hydrogen (secondary N) is 1. The molecule has 0 spiro atoms. The number of benzene rings is 1. The average Bonchev–Trinajstić information content (AvgIpc) is 2.88. The van der Waals surface area contributed by atoms with Crippen molar-refractivity contribution in [3.8, 4) is 5.75 Å². The van der Waals surface area contributed by atoms with E-state index in [0.717, 1.165) is 5.69 Å². The van der Waals surface area contributed by atoms with Gasteiger partial charge in [-0.25, -0.2) is 9.07 Å². The minimum atomic E-state index is -0.456. The molecule has 0 aliphatic heterocycles. The van der Waals surface area contributed by atoms with Gasteiger partial charge < -0.3 is 10.1 Å². The van der Waals surface area contributed by atoms with Crippen LogP contribution in [0.4, 0.5) is 4.39 Å². The Hall–Kier alpha value is -1.66. The van der Waals surface area contributed by atoms with Crippen LogP contribution in [-0.4, -0.2) is 27.6 Å². The summed E-state index contributed by atoms with van der Waals surface area (Å²) in [5.41, 5.74) is 0.883. The molecule has 7 heteroatoms. The van der Waals surface area contributed by atoms with Crippen molar-refractivity contribution in [2.45, 2.75) is 33.0 Å².